The zero-order valence-corrected chi connectivity index (χ0v) is 17.4. The molecule has 3 aromatic rings. The Hall–Kier alpha value is -2.81. The number of aromatic nitrogens is 7. The standard InChI is InChI=1S/C20H24ClN9/c21-16-8-24-19(25-9-16)29-5-2-14(3-6-29)18-7-15(18)1-4-23-17-10-26-20(27-11-17)30-13-22-12-28-30/h8-15,18,23H,1-7H2/t15-,18-/m1/s1. The molecule has 10 heteroatoms. The van der Waals surface area contributed by atoms with E-state index in [9.17, 15) is 0 Å². The summed E-state index contributed by atoms with van der Waals surface area (Å²) >= 11 is 5.89. The summed E-state index contributed by atoms with van der Waals surface area (Å²) in [7, 11) is 0. The van der Waals surface area contributed by atoms with Crippen molar-refractivity contribution in [1.82, 2.24) is 34.7 Å². The smallest absolute Gasteiger partial charge is 0.252 e. The molecule has 156 valence electrons. The summed E-state index contributed by atoms with van der Waals surface area (Å²) < 4.78 is 1.54. The van der Waals surface area contributed by atoms with Gasteiger partial charge in [0, 0.05) is 19.6 Å². The van der Waals surface area contributed by atoms with Crippen LogP contribution in [0.5, 0.6) is 0 Å². The highest BCUT2D eigenvalue weighted by Crippen LogP contribution is 2.49. The lowest BCUT2D eigenvalue weighted by atomic mass is 9.90. The molecule has 9 nitrogen and oxygen atoms in total. The van der Waals surface area contributed by atoms with Crippen LogP contribution in [0.1, 0.15) is 25.7 Å². The van der Waals surface area contributed by atoms with Gasteiger partial charge in [-0.3, -0.25) is 0 Å². The lowest BCUT2D eigenvalue weighted by molar-refractivity contribution is 0.343. The van der Waals surface area contributed by atoms with Crippen molar-refractivity contribution in [1.29, 1.82) is 0 Å². The Morgan fingerprint density at radius 3 is 2.43 bits per heavy atom. The quantitative estimate of drug-likeness (QED) is 0.617. The number of anilines is 2. The zero-order valence-electron chi connectivity index (χ0n) is 16.6. The highest BCUT2D eigenvalue weighted by atomic mass is 35.5. The van der Waals surface area contributed by atoms with Crippen LogP contribution in [0.25, 0.3) is 5.95 Å². The van der Waals surface area contributed by atoms with Gasteiger partial charge in [-0.1, -0.05) is 11.6 Å². The predicted octanol–water partition coefficient (Wildman–Crippen LogP) is 2.86. The molecule has 1 aliphatic carbocycles. The second-order valence-electron chi connectivity index (χ2n) is 8.01. The zero-order chi connectivity index (χ0) is 20.3. The van der Waals surface area contributed by atoms with Gasteiger partial charge in [-0.15, -0.1) is 0 Å². The molecule has 4 heterocycles. The van der Waals surface area contributed by atoms with Gasteiger partial charge < -0.3 is 10.2 Å². The van der Waals surface area contributed by atoms with E-state index >= 15 is 0 Å². The van der Waals surface area contributed by atoms with Crippen LogP contribution < -0.4 is 10.2 Å². The fraction of sp³-hybridized carbons (Fsp3) is 0.500. The number of halogens is 1. The summed E-state index contributed by atoms with van der Waals surface area (Å²) in [5.41, 5.74) is 0.937. The van der Waals surface area contributed by atoms with E-state index in [4.69, 9.17) is 11.6 Å². The molecule has 0 aromatic carbocycles. The fourth-order valence-corrected chi connectivity index (χ4v) is 4.52. The summed E-state index contributed by atoms with van der Waals surface area (Å²) in [5, 5.41) is 8.06. The summed E-state index contributed by atoms with van der Waals surface area (Å²) in [6.45, 7) is 3.01. The molecule has 2 aliphatic rings. The van der Waals surface area contributed by atoms with Crippen LogP contribution in [-0.4, -0.2) is 54.3 Å². The van der Waals surface area contributed by atoms with Crippen LogP contribution in [0.15, 0.2) is 37.4 Å². The Bertz CT molecular complexity index is 937. The lowest BCUT2D eigenvalue weighted by Gasteiger charge is -2.32. The maximum Gasteiger partial charge on any atom is 0.252 e. The lowest BCUT2D eigenvalue weighted by Crippen LogP contribution is -2.35. The van der Waals surface area contributed by atoms with E-state index in [1.54, 1.807) is 35.8 Å². The Kier molecular flexibility index (Phi) is 5.44. The molecule has 2 fully saturated rings. The molecular formula is C20H24ClN9. The van der Waals surface area contributed by atoms with Crippen LogP contribution >= 0.6 is 11.6 Å². The normalized spacial score (nSPS) is 21.6. The Labute approximate surface area is 180 Å². The van der Waals surface area contributed by atoms with Gasteiger partial charge in [-0.25, -0.2) is 24.9 Å². The van der Waals surface area contributed by atoms with E-state index in [-0.39, 0.29) is 0 Å². The fourth-order valence-electron chi connectivity index (χ4n) is 4.42. The molecule has 30 heavy (non-hydrogen) atoms. The molecule has 0 spiro atoms. The molecule has 1 aliphatic heterocycles. The van der Waals surface area contributed by atoms with Crippen molar-refractivity contribution in [2.24, 2.45) is 17.8 Å². The number of piperidine rings is 1. The van der Waals surface area contributed by atoms with Crippen molar-refractivity contribution in [2.75, 3.05) is 29.9 Å². The van der Waals surface area contributed by atoms with Crippen LogP contribution in [-0.2, 0) is 0 Å². The average Bonchev–Trinajstić information content (AvgIpc) is 3.34. The van der Waals surface area contributed by atoms with E-state index in [2.05, 4.69) is 40.2 Å². The minimum Gasteiger partial charge on any atom is -0.383 e. The number of hydrogen-bond donors (Lipinski definition) is 1. The molecule has 1 saturated carbocycles. The van der Waals surface area contributed by atoms with Crippen molar-refractivity contribution in [3.8, 4) is 5.95 Å². The van der Waals surface area contributed by atoms with Crippen molar-refractivity contribution in [2.45, 2.75) is 25.7 Å². The molecule has 0 radical (unpaired) electrons. The first-order chi connectivity index (χ1) is 14.8. The first-order valence-corrected chi connectivity index (χ1v) is 10.8. The number of nitrogens with zero attached hydrogens (tertiary/aromatic N) is 8. The van der Waals surface area contributed by atoms with Crippen molar-refractivity contribution >= 4 is 23.2 Å². The molecule has 1 saturated heterocycles. The highest BCUT2D eigenvalue weighted by Gasteiger charge is 2.43. The third-order valence-electron chi connectivity index (χ3n) is 6.12. The van der Waals surface area contributed by atoms with E-state index in [1.165, 1.54) is 32.0 Å². The van der Waals surface area contributed by atoms with Gasteiger partial charge >= 0.3 is 0 Å². The highest BCUT2D eigenvalue weighted by molar-refractivity contribution is 6.30. The van der Waals surface area contributed by atoms with E-state index < -0.39 is 0 Å². The van der Waals surface area contributed by atoms with Gasteiger partial charge in [-0.05, 0) is 43.4 Å². The molecule has 0 bridgehead atoms. The molecule has 1 N–H and O–H groups in total. The summed E-state index contributed by atoms with van der Waals surface area (Å²) in [6.07, 6.45) is 15.0. The Balaban J connectivity index is 1.03. The molecule has 2 atom stereocenters. The van der Waals surface area contributed by atoms with Crippen LogP contribution in [0.4, 0.5) is 11.6 Å². The summed E-state index contributed by atoms with van der Waals surface area (Å²) in [6, 6.07) is 0. The molecule has 0 amide bonds. The van der Waals surface area contributed by atoms with Crippen LogP contribution in [0.3, 0.4) is 0 Å². The van der Waals surface area contributed by atoms with Gasteiger partial charge in [0.1, 0.15) is 12.7 Å². The first-order valence-electron chi connectivity index (χ1n) is 10.4. The second kappa shape index (κ2) is 8.51. The Morgan fingerprint density at radius 1 is 1.00 bits per heavy atom. The minimum absolute atomic E-state index is 0.524. The molecule has 0 unspecified atom stereocenters. The van der Waals surface area contributed by atoms with E-state index in [1.807, 2.05) is 0 Å². The minimum atomic E-state index is 0.524. The Morgan fingerprint density at radius 2 is 1.73 bits per heavy atom. The average molecular weight is 426 g/mol. The van der Waals surface area contributed by atoms with E-state index in [0.29, 0.717) is 11.0 Å². The predicted molar refractivity (Wildman–Crippen MR) is 114 cm³/mol. The second-order valence-corrected chi connectivity index (χ2v) is 8.45. The monoisotopic (exact) mass is 425 g/mol. The maximum absolute atomic E-state index is 5.89. The van der Waals surface area contributed by atoms with Crippen LogP contribution in [0.2, 0.25) is 5.02 Å². The van der Waals surface area contributed by atoms with E-state index in [0.717, 1.165) is 49.0 Å². The number of hydrogen-bond acceptors (Lipinski definition) is 8. The van der Waals surface area contributed by atoms with Gasteiger partial charge in [0.2, 0.25) is 5.95 Å². The first kappa shape index (κ1) is 19.2. The maximum atomic E-state index is 5.89. The third kappa shape index (κ3) is 4.35. The van der Waals surface area contributed by atoms with Gasteiger partial charge in [0.15, 0.2) is 0 Å². The summed E-state index contributed by atoms with van der Waals surface area (Å²) in [4.78, 5) is 23.5. The van der Waals surface area contributed by atoms with Crippen molar-refractivity contribution < 1.29 is 0 Å². The summed E-state index contributed by atoms with van der Waals surface area (Å²) in [5.74, 6) is 3.84. The molecule has 5 rings (SSSR count). The number of nitrogens with one attached hydrogen (secondary N) is 1. The molecular weight excluding hydrogens is 402 g/mol. The van der Waals surface area contributed by atoms with Crippen molar-refractivity contribution in [3.63, 3.8) is 0 Å². The third-order valence-corrected chi connectivity index (χ3v) is 6.31. The number of rotatable bonds is 7. The SMILES string of the molecule is Clc1cnc(N2CCC([C@H]3C[C@H]3CCNc3cnc(-n4cncn4)nc3)CC2)nc1. The topological polar surface area (TPSA) is 97.5 Å². The van der Waals surface area contributed by atoms with Gasteiger partial charge in [0.25, 0.3) is 5.95 Å². The van der Waals surface area contributed by atoms with Crippen molar-refractivity contribution in [3.05, 3.63) is 42.5 Å². The van der Waals surface area contributed by atoms with Gasteiger partial charge in [0.05, 0.1) is 35.5 Å². The van der Waals surface area contributed by atoms with Gasteiger partial charge in [-0.2, -0.15) is 9.78 Å². The largest absolute Gasteiger partial charge is 0.383 e. The van der Waals surface area contributed by atoms with Crippen LogP contribution in [0, 0.1) is 17.8 Å². The molecule has 3 aromatic heterocycles.